The van der Waals surface area contributed by atoms with Crippen LogP contribution < -0.4 is 5.32 Å². The van der Waals surface area contributed by atoms with Gasteiger partial charge in [0.05, 0.1) is 0 Å². The summed E-state index contributed by atoms with van der Waals surface area (Å²) in [6.07, 6.45) is 1.18. The molecule has 1 aliphatic heterocycles. The molecular weight excluding hydrogens is 328 g/mol. The maximum atomic E-state index is 3.84. The zero-order valence-electron chi connectivity index (χ0n) is 15.8. The van der Waals surface area contributed by atoms with Gasteiger partial charge in [-0.05, 0) is 23.1 Å². The van der Waals surface area contributed by atoms with E-state index in [9.17, 15) is 0 Å². The third-order valence-electron chi connectivity index (χ3n) is 5.58. The van der Waals surface area contributed by atoms with Gasteiger partial charge in [0.2, 0.25) is 0 Å². The van der Waals surface area contributed by atoms with Crippen LogP contribution in [0.5, 0.6) is 0 Å². The summed E-state index contributed by atoms with van der Waals surface area (Å²) in [5, 5.41) is 3.84. The SMILES string of the molecule is c1ccc(CN[C@@H]2CCN(Cc3ccccc3)C[C@H]2c2ccccc2)cc1. The molecule has 2 atom stereocenters. The van der Waals surface area contributed by atoms with Gasteiger partial charge in [0.25, 0.3) is 0 Å². The fourth-order valence-electron chi connectivity index (χ4n) is 4.13. The maximum Gasteiger partial charge on any atom is 0.0234 e. The van der Waals surface area contributed by atoms with Crippen LogP contribution in [0.15, 0.2) is 91.0 Å². The van der Waals surface area contributed by atoms with Crippen molar-refractivity contribution < 1.29 is 0 Å². The lowest BCUT2D eigenvalue weighted by atomic mass is 9.85. The van der Waals surface area contributed by atoms with Crippen molar-refractivity contribution in [3.8, 4) is 0 Å². The largest absolute Gasteiger partial charge is 0.309 e. The second-order valence-electron chi connectivity index (χ2n) is 7.50. The highest BCUT2D eigenvalue weighted by Crippen LogP contribution is 2.28. The zero-order valence-corrected chi connectivity index (χ0v) is 15.8. The summed E-state index contributed by atoms with van der Waals surface area (Å²) in [5.41, 5.74) is 4.21. The van der Waals surface area contributed by atoms with Crippen LogP contribution in [0, 0.1) is 0 Å². The quantitative estimate of drug-likeness (QED) is 0.680. The predicted molar refractivity (Wildman–Crippen MR) is 113 cm³/mol. The Morgan fingerprint density at radius 3 is 2.00 bits per heavy atom. The van der Waals surface area contributed by atoms with Crippen LogP contribution in [0.4, 0.5) is 0 Å². The third kappa shape index (κ3) is 4.85. The minimum atomic E-state index is 0.514. The third-order valence-corrected chi connectivity index (χ3v) is 5.58. The van der Waals surface area contributed by atoms with E-state index in [1.165, 1.54) is 23.1 Å². The molecule has 1 N–H and O–H groups in total. The van der Waals surface area contributed by atoms with Crippen molar-refractivity contribution in [1.29, 1.82) is 0 Å². The molecule has 0 bridgehead atoms. The molecule has 0 amide bonds. The first-order valence-electron chi connectivity index (χ1n) is 9.97. The van der Waals surface area contributed by atoms with Gasteiger partial charge in [0.15, 0.2) is 0 Å². The number of nitrogens with zero attached hydrogens (tertiary/aromatic N) is 1. The predicted octanol–water partition coefficient (Wildman–Crippen LogP) is 4.83. The molecular formula is C25H28N2. The molecule has 0 aliphatic carbocycles. The summed E-state index contributed by atoms with van der Waals surface area (Å²) in [7, 11) is 0. The molecule has 0 aromatic heterocycles. The van der Waals surface area contributed by atoms with E-state index in [0.717, 1.165) is 26.2 Å². The number of nitrogens with one attached hydrogen (secondary N) is 1. The molecule has 27 heavy (non-hydrogen) atoms. The van der Waals surface area contributed by atoms with Crippen molar-refractivity contribution in [3.63, 3.8) is 0 Å². The van der Waals surface area contributed by atoms with Gasteiger partial charge in [-0.1, -0.05) is 91.0 Å². The molecule has 138 valence electrons. The summed E-state index contributed by atoms with van der Waals surface area (Å²) in [4.78, 5) is 2.60. The first kappa shape index (κ1) is 18.0. The second kappa shape index (κ2) is 8.98. The summed E-state index contributed by atoms with van der Waals surface area (Å²) >= 11 is 0. The van der Waals surface area contributed by atoms with E-state index < -0.39 is 0 Å². The first-order chi connectivity index (χ1) is 13.4. The molecule has 1 fully saturated rings. The van der Waals surface area contributed by atoms with Crippen LogP contribution in [0.25, 0.3) is 0 Å². The van der Waals surface area contributed by atoms with E-state index in [4.69, 9.17) is 0 Å². The van der Waals surface area contributed by atoms with Crippen molar-refractivity contribution in [2.24, 2.45) is 0 Å². The number of rotatable bonds is 6. The van der Waals surface area contributed by atoms with Gasteiger partial charge >= 0.3 is 0 Å². The number of likely N-dealkylation sites (tertiary alicyclic amines) is 1. The highest BCUT2D eigenvalue weighted by atomic mass is 15.1. The van der Waals surface area contributed by atoms with Gasteiger partial charge in [0, 0.05) is 38.1 Å². The molecule has 1 saturated heterocycles. The molecule has 2 heteroatoms. The first-order valence-corrected chi connectivity index (χ1v) is 9.97. The van der Waals surface area contributed by atoms with Crippen molar-refractivity contribution in [1.82, 2.24) is 10.2 Å². The zero-order chi connectivity index (χ0) is 18.3. The summed E-state index contributed by atoms with van der Waals surface area (Å²) in [6.45, 7) is 4.22. The van der Waals surface area contributed by atoms with Gasteiger partial charge in [-0.3, -0.25) is 4.90 Å². The van der Waals surface area contributed by atoms with E-state index in [2.05, 4.69) is 101 Å². The van der Waals surface area contributed by atoms with Gasteiger partial charge in [-0.25, -0.2) is 0 Å². The smallest absolute Gasteiger partial charge is 0.0234 e. The van der Waals surface area contributed by atoms with Gasteiger partial charge in [-0.15, -0.1) is 0 Å². The van der Waals surface area contributed by atoms with E-state index in [0.29, 0.717) is 12.0 Å². The Bertz CT molecular complexity index is 802. The van der Waals surface area contributed by atoms with Crippen LogP contribution in [0.3, 0.4) is 0 Å². The molecule has 4 rings (SSSR count). The second-order valence-corrected chi connectivity index (χ2v) is 7.50. The Morgan fingerprint density at radius 1 is 0.741 bits per heavy atom. The molecule has 0 spiro atoms. The van der Waals surface area contributed by atoms with Crippen molar-refractivity contribution in [3.05, 3.63) is 108 Å². The van der Waals surface area contributed by atoms with Crippen molar-refractivity contribution >= 4 is 0 Å². The van der Waals surface area contributed by atoms with Crippen LogP contribution in [0.2, 0.25) is 0 Å². The monoisotopic (exact) mass is 356 g/mol. The van der Waals surface area contributed by atoms with Crippen LogP contribution >= 0.6 is 0 Å². The molecule has 2 nitrogen and oxygen atoms in total. The number of piperidine rings is 1. The maximum absolute atomic E-state index is 3.84. The van der Waals surface area contributed by atoms with Crippen LogP contribution in [0.1, 0.15) is 29.0 Å². The lowest BCUT2D eigenvalue weighted by Gasteiger charge is -2.39. The molecule has 3 aromatic carbocycles. The van der Waals surface area contributed by atoms with E-state index in [-0.39, 0.29) is 0 Å². The Balaban J connectivity index is 1.46. The minimum Gasteiger partial charge on any atom is -0.309 e. The number of hydrogen-bond acceptors (Lipinski definition) is 2. The molecule has 3 aromatic rings. The molecule has 1 aliphatic rings. The topological polar surface area (TPSA) is 15.3 Å². The van der Waals surface area contributed by atoms with Crippen molar-refractivity contribution in [2.45, 2.75) is 31.5 Å². The molecule has 1 heterocycles. The standard InChI is InChI=1S/C25H28N2/c1-4-10-21(11-5-1)18-26-25-16-17-27(19-22-12-6-2-7-13-22)20-24(25)23-14-8-3-9-15-23/h1-15,24-26H,16-20H2/t24-,25+/m0/s1. The minimum absolute atomic E-state index is 0.514. The number of hydrogen-bond donors (Lipinski definition) is 1. The summed E-state index contributed by atoms with van der Waals surface area (Å²) in [6, 6.07) is 33.1. The average molecular weight is 357 g/mol. The normalized spacial score (nSPS) is 20.4. The highest BCUT2D eigenvalue weighted by Gasteiger charge is 2.30. The van der Waals surface area contributed by atoms with Gasteiger partial charge in [-0.2, -0.15) is 0 Å². The summed E-state index contributed by atoms with van der Waals surface area (Å²) in [5.74, 6) is 0.521. The van der Waals surface area contributed by atoms with E-state index in [1.807, 2.05) is 0 Å². The summed E-state index contributed by atoms with van der Waals surface area (Å²) < 4.78 is 0. The lowest BCUT2D eigenvalue weighted by molar-refractivity contribution is 0.166. The van der Waals surface area contributed by atoms with Gasteiger partial charge in [0.1, 0.15) is 0 Å². The van der Waals surface area contributed by atoms with E-state index in [1.54, 1.807) is 0 Å². The molecule has 0 saturated carbocycles. The lowest BCUT2D eigenvalue weighted by Crippen LogP contribution is -2.47. The Hall–Kier alpha value is -2.42. The Labute approximate surface area is 162 Å². The average Bonchev–Trinajstić information content (AvgIpc) is 2.75. The molecule has 0 radical (unpaired) electrons. The fraction of sp³-hybridized carbons (Fsp3) is 0.280. The van der Waals surface area contributed by atoms with E-state index >= 15 is 0 Å². The molecule has 0 unspecified atom stereocenters. The van der Waals surface area contributed by atoms with Crippen molar-refractivity contribution in [2.75, 3.05) is 13.1 Å². The fourth-order valence-corrected chi connectivity index (χ4v) is 4.13. The Morgan fingerprint density at radius 2 is 1.33 bits per heavy atom. The van der Waals surface area contributed by atoms with Crippen LogP contribution in [-0.2, 0) is 13.1 Å². The highest BCUT2D eigenvalue weighted by molar-refractivity contribution is 5.24. The Kier molecular flexibility index (Phi) is 5.98. The van der Waals surface area contributed by atoms with Gasteiger partial charge < -0.3 is 5.32 Å². The van der Waals surface area contributed by atoms with Crippen LogP contribution in [-0.4, -0.2) is 24.0 Å². The number of benzene rings is 3.